The number of rotatable bonds is 7. The first kappa shape index (κ1) is 20.9. The SMILES string of the molecule is CCOc1cc(/C=C2\C(=O)NC(=O)N(Cc3ccco3)C2=O)cc(I)c1OCC. The van der Waals surface area contributed by atoms with Crippen LogP contribution in [0.1, 0.15) is 25.2 Å². The second-order valence-electron chi connectivity index (χ2n) is 5.98. The van der Waals surface area contributed by atoms with Crippen molar-refractivity contribution in [3.8, 4) is 11.5 Å². The Labute approximate surface area is 181 Å². The van der Waals surface area contributed by atoms with E-state index in [0.29, 0.717) is 36.0 Å². The van der Waals surface area contributed by atoms with Gasteiger partial charge >= 0.3 is 6.03 Å². The Bertz CT molecular complexity index is 968. The molecule has 0 spiro atoms. The summed E-state index contributed by atoms with van der Waals surface area (Å²) < 4.78 is 17.2. The molecule has 3 rings (SSSR count). The van der Waals surface area contributed by atoms with E-state index in [1.807, 2.05) is 13.8 Å². The summed E-state index contributed by atoms with van der Waals surface area (Å²) in [5.41, 5.74) is 0.422. The second-order valence-corrected chi connectivity index (χ2v) is 7.15. The molecule has 2 aromatic rings. The first-order valence-electron chi connectivity index (χ1n) is 8.95. The van der Waals surface area contributed by atoms with Gasteiger partial charge in [-0.25, -0.2) is 4.79 Å². The number of halogens is 1. The van der Waals surface area contributed by atoms with Crippen LogP contribution < -0.4 is 14.8 Å². The first-order chi connectivity index (χ1) is 13.9. The number of carbonyl (C=O) groups is 3. The zero-order valence-electron chi connectivity index (χ0n) is 15.9. The van der Waals surface area contributed by atoms with Crippen molar-refractivity contribution in [3.05, 3.63) is 51.0 Å². The number of imide groups is 2. The summed E-state index contributed by atoms with van der Waals surface area (Å²) in [5, 5.41) is 2.19. The van der Waals surface area contributed by atoms with Crippen LogP contribution in [0.4, 0.5) is 4.79 Å². The van der Waals surface area contributed by atoms with Gasteiger partial charge in [-0.05, 0) is 72.3 Å². The lowest BCUT2D eigenvalue weighted by Gasteiger charge is -2.25. The number of amides is 4. The molecule has 0 aliphatic carbocycles. The number of nitrogens with zero attached hydrogens (tertiary/aromatic N) is 1. The number of ether oxygens (including phenoxy) is 2. The van der Waals surface area contributed by atoms with Gasteiger partial charge in [0.2, 0.25) is 0 Å². The highest BCUT2D eigenvalue weighted by Gasteiger charge is 2.36. The van der Waals surface area contributed by atoms with Crippen molar-refractivity contribution in [1.82, 2.24) is 10.2 Å². The van der Waals surface area contributed by atoms with Crippen LogP contribution in [-0.4, -0.2) is 36.0 Å². The van der Waals surface area contributed by atoms with Crippen molar-refractivity contribution in [3.63, 3.8) is 0 Å². The van der Waals surface area contributed by atoms with E-state index >= 15 is 0 Å². The molecule has 0 saturated carbocycles. The monoisotopic (exact) mass is 510 g/mol. The molecular formula is C20H19IN2O6. The van der Waals surface area contributed by atoms with Gasteiger partial charge in [0, 0.05) is 0 Å². The number of urea groups is 1. The van der Waals surface area contributed by atoms with E-state index in [9.17, 15) is 14.4 Å². The Kier molecular flexibility index (Phi) is 6.57. The van der Waals surface area contributed by atoms with E-state index < -0.39 is 17.8 Å². The number of benzene rings is 1. The van der Waals surface area contributed by atoms with Crippen molar-refractivity contribution >= 4 is 46.5 Å². The molecule has 2 heterocycles. The topological polar surface area (TPSA) is 98.1 Å². The van der Waals surface area contributed by atoms with Crippen molar-refractivity contribution in [2.45, 2.75) is 20.4 Å². The standard InChI is InChI=1S/C20H19IN2O6/c1-3-27-16-10-12(9-15(21)17(16)28-4-2)8-14-18(24)22-20(26)23(19(14)25)11-13-6-5-7-29-13/h5-10H,3-4,11H2,1-2H3,(H,22,24,26)/b14-8+. The molecular weight excluding hydrogens is 491 g/mol. The molecule has 0 atom stereocenters. The van der Waals surface area contributed by atoms with Gasteiger partial charge in [0.1, 0.15) is 11.3 Å². The number of hydrogen-bond acceptors (Lipinski definition) is 6. The Morgan fingerprint density at radius 2 is 1.93 bits per heavy atom. The van der Waals surface area contributed by atoms with E-state index in [2.05, 4.69) is 27.9 Å². The number of barbiturate groups is 1. The molecule has 9 heteroatoms. The van der Waals surface area contributed by atoms with Crippen LogP contribution in [0.25, 0.3) is 6.08 Å². The van der Waals surface area contributed by atoms with Crippen molar-refractivity contribution in [2.24, 2.45) is 0 Å². The summed E-state index contributed by atoms with van der Waals surface area (Å²) >= 11 is 2.10. The smallest absolute Gasteiger partial charge is 0.331 e. The second kappa shape index (κ2) is 9.12. The lowest BCUT2D eigenvalue weighted by atomic mass is 10.1. The van der Waals surface area contributed by atoms with Gasteiger partial charge in [-0.1, -0.05) is 0 Å². The van der Waals surface area contributed by atoms with Crippen LogP contribution in [0.2, 0.25) is 0 Å². The van der Waals surface area contributed by atoms with Gasteiger partial charge < -0.3 is 13.9 Å². The summed E-state index contributed by atoms with van der Waals surface area (Å²) in [5.74, 6) is 0.0948. The molecule has 1 saturated heterocycles. The van der Waals surface area contributed by atoms with Crippen LogP contribution >= 0.6 is 22.6 Å². The quantitative estimate of drug-likeness (QED) is 0.349. The lowest BCUT2D eigenvalue weighted by Crippen LogP contribution is -2.53. The minimum atomic E-state index is -0.787. The van der Waals surface area contributed by atoms with Gasteiger partial charge in [-0.3, -0.25) is 19.8 Å². The fraction of sp³-hybridized carbons (Fsp3) is 0.250. The largest absolute Gasteiger partial charge is 0.490 e. The van der Waals surface area contributed by atoms with Crippen LogP contribution in [0.5, 0.6) is 11.5 Å². The van der Waals surface area contributed by atoms with E-state index in [4.69, 9.17) is 13.9 Å². The van der Waals surface area contributed by atoms with Gasteiger partial charge in [-0.2, -0.15) is 0 Å². The molecule has 0 unspecified atom stereocenters. The maximum atomic E-state index is 12.8. The Balaban J connectivity index is 1.96. The third kappa shape index (κ3) is 4.61. The molecule has 0 radical (unpaired) electrons. The van der Waals surface area contributed by atoms with Crippen LogP contribution in [0.15, 0.2) is 40.5 Å². The fourth-order valence-corrected chi connectivity index (χ4v) is 3.56. The minimum absolute atomic E-state index is 0.0761. The van der Waals surface area contributed by atoms with Gasteiger partial charge in [0.25, 0.3) is 11.8 Å². The number of carbonyl (C=O) groups excluding carboxylic acids is 3. The van der Waals surface area contributed by atoms with Gasteiger partial charge in [0.15, 0.2) is 11.5 Å². The molecule has 8 nitrogen and oxygen atoms in total. The Morgan fingerprint density at radius 1 is 1.17 bits per heavy atom. The molecule has 152 valence electrons. The molecule has 1 aromatic heterocycles. The van der Waals surface area contributed by atoms with E-state index in [0.717, 1.165) is 8.47 Å². The summed E-state index contributed by atoms with van der Waals surface area (Å²) in [6.45, 7) is 4.55. The molecule has 4 amide bonds. The first-order valence-corrected chi connectivity index (χ1v) is 10.0. The summed E-state index contributed by atoms with van der Waals surface area (Å²) in [7, 11) is 0. The molecule has 1 aromatic carbocycles. The number of nitrogens with one attached hydrogen (secondary N) is 1. The van der Waals surface area contributed by atoms with Gasteiger partial charge in [0.05, 0.1) is 29.6 Å². The zero-order chi connectivity index (χ0) is 21.0. The van der Waals surface area contributed by atoms with E-state index in [1.54, 1.807) is 24.3 Å². The fourth-order valence-electron chi connectivity index (χ4n) is 2.78. The highest BCUT2D eigenvalue weighted by molar-refractivity contribution is 14.1. The predicted molar refractivity (Wildman–Crippen MR) is 112 cm³/mol. The van der Waals surface area contributed by atoms with Crippen molar-refractivity contribution in [2.75, 3.05) is 13.2 Å². The van der Waals surface area contributed by atoms with Gasteiger partial charge in [-0.15, -0.1) is 0 Å². The van der Waals surface area contributed by atoms with Crippen LogP contribution in [0, 0.1) is 3.57 Å². The normalized spacial score (nSPS) is 15.6. The number of hydrogen-bond donors (Lipinski definition) is 1. The molecule has 0 bridgehead atoms. The minimum Gasteiger partial charge on any atom is -0.490 e. The third-order valence-corrected chi connectivity index (χ3v) is 4.81. The zero-order valence-corrected chi connectivity index (χ0v) is 18.0. The highest BCUT2D eigenvalue weighted by Crippen LogP contribution is 2.35. The van der Waals surface area contributed by atoms with Crippen LogP contribution in [-0.2, 0) is 16.1 Å². The molecule has 1 aliphatic heterocycles. The van der Waals surface area contributed by atoms with E-state index in [1.165, 1.54) is 12.3 Å². The number of furan rings is 1. The lowest BCUT2D eigenvalue weighted by molar-refractivity contribution is -0.130. The third-order valence-electron chi connectivity index (χ3n) is 4.01. The Morgan fingerprint density at radius 3 is 2.59 bits per heavy atom. The van der Waals surface area contributed by atoms with Crippen LogP contribution in [0.3, 0.4) is 0 Å². The molecule has 29 heavy (non-hydrogen) atoms. The van der Waals surface area contributed by atoms with E-state index in [-0.39, 0.29) is 12.1 Å². The average molecular weight is 510 g/mol. The molecule has 1 fully saturated rings. The summed E-state index contributed by atoms with van der Waals surface area (Å²) in [6, 6.07) is 5.97. The predicted octanol–water partition coefficient (Wildman–Crippen LogP) is 3.34. The summed E-state index contributed by atoms with van der Waals surface area (Å²) in [6.07, 6.45) is 2.88. The Hall–Kier alpha value is -2.82. The maximum absolute atomic E-state index is 12.8. The average Bonchev–Trinajstić information content (AvgIpc) is 3.18. The highest BCUT2D eigenvalue weighted by atomic mass is 127. The van der Waals surface area contributed by atoms with Crippen molar-refractivity contribution in [1.29, 1.82) is 0 Å². The summed E-state index contributed by atoms with van der Waals surface area (Å²) in [4.78, 5) is 38.2. The maximum Gasteiger partial charge on any atom is 0.331 e. The molecule has 1 aliphatic rings. The van der Waals surface area contributed by atoms with Crippen molar-refractivity contribution < 1.29 is 28.3 Å². The molecule has 1 N–H and O–H groups in total.